The van der Waals surface area contributed by atoms with Gasteiger partial charge in [0.1, 0.15) is 0 Å². The van der Waals surface area contributed by atoms with Crippen LogP contribution >= 0.6 is 11.6 Å². The molecule has 0 saturated heterocycles. The van der Waals surface area contributed by atoms with Crippen LogP contribution in [0.3, 0.4) is 0 Å². The van der Waals surface area contributed by atoms with E-state index in [4.69, 9.17) is 28.3 Å². The SMILES string of the molecule is N#Cc1ccc(Cl)c(-c2[nH]c(-c3ccnc(N)n3)cc2C(N)=O)c1. The van der Waals surface area contributed by atoms with E-state index in [1.807, 2.05) is 6.07 Å². The van der Waals surface area contributed by atoms with Crippen molar-refractivity contribution in [2.75, 3.05) is 5.73 Å². The van der Waals surface area contributed by atoms with E-state index in [1.165, 1.54) is 6.20 Å². The predicted octanol–water partition coefficient (Wildman–Crippen LogP) is 2.34. The summed E-state index contributed by atoms with van der Waals surface area (Å²) in [6.07, 6.45) is 1.51. The zero-order valence-electron chi connectivity index (χ0n) is 12.2. The van der Waals surface area contributed by atoms with Gasteiger partial charge in [-0.1, -0.05) is 11.6 Å². The molecule has 3 rings (SSSR count). The number of nitrogens with one attached hydrogen (secondary N) is 1. The molecule has 0 radical (unpaired) electrons. The summed E-state index contributed by atoms with van der Waals surface area (Å²) in [5, 5.41) is 9.45. The van der Waals surface area contributed by atoms with Crippen molar-refractivity contribution in [3.8, 4) is 28.7 Å². The van der Waals surface area contributed by atoms with Gasteiger partial charge in [-0.05, 0) is 30.3 Å². The maximum absolute atomic E-state index is 11.8. The Hall–Kier alpha value is -3.37. The number of aromatic amines is 1. The highest BCUT2D eigenvalue weighted by Gasteiger charge is 2.18. The van der Waals surface area contributed by atoms with Crippen LogP contribution in [-0.4, -0.2) is 20.9 Å². The lowest BCUT2D eigenvalue weighted by Gasteiger charge is -2.05. The van der Waals surface area contributed by atoms with E-state index in [0.29, 0.717) is 33.2 Å². The van der Waals surface area contributed by atoms with Crippen LogP contribution in [0.25, 0.3) is 22.6 Å². The Morgan fingerprint density at radius 3 is 2.75 bits per heavy atom. The first-order chi connectivity index (χ1) is 11.5. The lowest BCUT2D eigenvalue weighted by Crippen LogP contribution is -2.11. The molecule has 2 heterocycles. The standard InChI is InChI=1S/C16H11ClN6O/c17-11-2-1-8(7-18)5-9(11)14-10(15(19)24)6-13(22-14)12-3-4-21-16(20)23-12/h1-6,22H,(H2,19,24)(H2,20,21,23). The molecule has 2 aromatic heterocycles. The third-order valence-corrected chi connectivity index (χ3v) is 3.73. The zero-order chi connectivity index (χ0) is 17.3. The number of rotatable bonds is 3. The second-order valence-electron chi connectivity index (χ2n) is 4.94. The van der Waals surface area contributed by atoms with Crippen LogP contribution < -0.4 is 11.5 Å². The molecule has 118 valence electrons. The number of halogens is 1. The van der Waals surface area contributed by atoms with Gasteiger partial charge in [-0.2, -0.15) is 5.26 Å². The van der Waals surface area contributed by atoms with Crippen molar-refractivity contribution in [3.05, 3.63) is 52.7 Å². The van der Waals surface area contributed by atoms with Gasteiger partial charge in [-0.25, -0.2) is 9.97 Å². The van der Waals surface area contributed by atoms with E-state index < -0.39 is 5.91 Å². The Labute approximate surface area is 141 Å². The van der Waals surface area contributed by atoms with Crippen LogP contribution in [0.5, 0.6) is 0 Å². The highest BCUT2D eigenvalue weighted by atomic mass is 35.5. The smallest absolute Gasteiger partial charge is 0.250 e. The number of nitrogen functional groups attached to an aromatic ring is 1. The molecular weight excluding hydrogens is 328 g/mol. The number of carbonyl (C=O) groups excluding carboxylic acids is 1. The van der Waals surface area contributed by atoms with Crippen molar-refractivity contribution in [2.45, 2.75) is 0 Å². The van der Waals surface area contributed by atoms with E-state index >= 15 is 0 Å². The Morgan fingerprint density at radius 1 is 1.29 bits per heavy atom. The van der Waals surface area contributed by atoms with Gasteiger partial charge in [0.2, 0.25) is 5.95 Å². The van der Waals surface area contributed by atoms with Crippen LogP contribution in [-0.2, 0) is 0 Å². The quantitative estimate of drug-likeness (QED) is 0.673. The molecule has 7 nitrogen and oxygen atoms in total. The maximum atomic E-state index is 11.8. The summed E-state index contributed by atoms with van der Waals surface area (Å²) in [4.78, 5) is 22.8. The van der Waals surface area contributed by atoms with Crippen LogP contribution in [0.2, 0.25) is 5.02 Å². The number of nitrogens with zero attached hydrogens (tertiary/aromatic N) is 3. The summed E-state index contributed by atoms with van der Waals surface area (Å²) in [6.45, 7) is 0. The van der Waals surface area contributed by atoms with Gasteiger partial charge < -0.3 is 16.5 Å². The zero-order valence-corrected chi connectivity index (χ0v) is 13.0. The van der Waals surface area contributed by atoms with E-state index in [-0.39, 0.29) is 11.5 Å². The number of aromatic nitrogens is 3. The molecule has 1 amide bonds. The molecule has 0 bridgehead atoms. The first-order valence-corrected chi connectivity index (χ1v) is 7.19. The maximum Gasteiger partial charge on any atom is 0.250 e. The van der Waals surface area contributed by atoms with E-state index in [2.05, 4.69) is 15.0 Å². The highest BCUT2D eigenvalue weighted by Crippen LogP contribution is 2.33. The monoisotopic (exact) mass is 338 g/mol. The van der Waals surface area contributed by atoms with Gasteiger partial charge in [-0.3, -0.25) is 4.79 Å². The third kappa shape index (κ3) is 2.78. The number of primary amides is 1. The summed E-state index contributed by atoms with van der Waals surface area (Å²) < 4.78 is 0. The molecule has 0 unspecified atom stereocenters. The minimum absolute atomic E-state index is 0.105. The largest absolute Gasteiger partial charge is 0.368 e. The predicted molar refractivity (Wildman–Crippen MR) is 89.9 cm³/mol. The van der Waals surface area contributed by atoms with Crippen molar-refractivity contribution in [2.24, 2.45) is 5.73 Å². The fraction of sp³-hybridized carbons (Fsp3) is 0. The first kappa shape index (κ1) is 15.5. The van der Waals surface area contributed by atoms with Gasteiger partial charge in [-0.15, -0.1) is 0 Å². The summed E-state index contributed by atoms with van der Waals surface area (Å²) in [7, 11) is 0. The van der Waals surface area contributed by atoms with Crippen LogP contribution in [0.4, 0.5) is 5.95 Å². The van der Waals surface area contributed by atoms with E-state index in [0.717, 1.165) is 0 Å². The minimum atomic E-state index is -0.632. The van der Waals surface area contributed by atoms with Gasteiger partial charge in [0.05, 0.1) is 34.3 Å². The van der Waals surface area contributed by atoms with Crippen LogP contribution in [0.15, 0.2) is 36.5 Å². The summed E-state index contributed by atoms with van der Waals surface area (Å²) in [5.74, 6) is -0.526. The number of hydrogen-bond donors (Lipinski definition) is 3. The topological polar surface area (TPSA) is 134 Å². The Bertz CT molecular complexity index is 988. The van der Waals surface area contributed by atoms with Crippen molar-refractivity contribution < 1.29 is 4.79 Å². The summed E-state index contributed by atoms with van der Waals surface area (Å²) in [5.41, 5.74) is 13.7. The van der Waals surface area contributed by atoms with Crippen LogP contribution in [0.1, 0.15) is 15.9 Å². The Balaban J connectivity index is 2.22. The second kappa shape index (κ2) is 6.02. The van der Waals surface area contributed by atoms with Crippen molar-refractivity contribution in [1.82, 2.24) is 15.0 Å². The number of anilines is 1. The molecule has 0 fully saturated rings. The molecule has 0 aliphatic heterocycles. The summed E-state index contributed by atoms with van der Waals surface area (Å²) in [6, 6.07) is 10.00. The molecular formula is C16H11ClN6O. The number of nitriles is 1. The first-order valence-electron chi connectivity index (χ1n) is 6.81. The molecule has 8 heteroatoms. The normalized spacial score (nSPS) is 10.3. The van der Waals surface area contributed by atoms with Crippen molar-refractivity contribution >= 4 is 23.5 Å². The fourth-order valence-corrected chi connectivity index (χ4v) is 2.52. The molecule has 3 aromatic rings. The average molecular weight is 339 g/mol. The number of carbonyl (C=O) groups is 1. The van der Waals surface area contributed by atoms with Gasteiger partial charge >= 0.3 is 0 Å². The number of H-pyrrole nitrogens is 1. The molecule has 24 heavy (non-hydrogen) atoms. The number of hydrogen-bond acceptors (Lipinski definition) is 5. The third-order valence-electron chi connectivity index (χ3n) is 3.40. The lowest BCUT2D eigenvalue weighted by molar-refractivity contribution is 0.100. The number of nitrogens with two attached hydrogens (primary N) is 2. The minimum Gasteiger partial charge on any atom is -0.368 e. The van der Waals surface area contributed by atoms with Gasteiger partial charge in [0.25, 0.3) is 5.91 Å². The highest BCUT2D eigenvalue weighted by molar-refractivity contribution is 6.33. The molecule has 0 saturated carbocycles. The molecule has 1 aromatic carbocycles. The lowest BCUT2D eigenvalue weighted by atomic mass is 10.1. The Morgan fingerprint density at radius 2 is 2.08 bits per heavy atom. The molecule has 0 aliphatic rings. The van der Waals surface area contributed by atoms with Gasteiger partial charge in [0, 0.05) is 16.8 Å². The van der Waals surface area contributed by atoms with Crippen LogP contribution in [0, 0.1) is 11.3 Å². The number of amides is 1. The molecule has 0 spiro atoms. The number of benzene rings is 1. The average Bonchev–Trinajstić information content (AvgIpc) is 3.01. The molecule has 0 aliphatic carbocycles. The van der Waals surface area contributed by atoms with E-state index in [1.54, 1.807) is 30.3 Å². The van der Waals surface area contributed by atoms with Gasteiger partial charge in [0.15, 0.2) is 0 Å². The van der Waals surface area contributed by atoms with Crippen molar-refractivity contribution in [1.29, 1.82) is 5.26 Å². The van der Waals surface area contributed by atoms with Crippen molar-refractivity contribution in [3.63, 3.8) is 0 Å². The molecule has 0 atom stereocenters. The van der Waals surface area contributed by atoms with E-state index in [9.17, 15) is 4.79 Å². The second-order valence-corrected chi connectivity index (χ2v) is 5.35. The summed E-state index contributed by atoms with van der Waals surface area (Å²) >= 11 is 6.22. The Kier molecular flexibility index (Phi) is 3.90. The fourth-order valence-electron chi connectivity index (χ4n) is 2.31. The molecule has 5 N–H and O–H groups in total.